The molecule has 1 aliphatic heterocycles. The van der Waals surface area contributed by atoms with Crippen LogP contribution in [0.15, 0.2) is 60.9 Å². The maximum absolute atomic E-state index is 13.8. The quantitative estimate of drug-likeness (QED) is 0.256. The zero-order valence-corrected chi connectivity index (χ0v) is 25.0. The summed E-state index contributed by atoms with van der Waals surface area (Å²) in [7, 11) is 0.147. The number of likely N-dealkylation sites (N-methyl/N-ethyl adjacent to an activating group) is 1. The minimum Gasteiger partial charge on any atom is -0.486 e. The van der Waals surface area contributed by atoms with E-state index in [1.807, 2.05) is 7.05 Å². The average Bonchev–Trinajstić information content (AvgIpc) is 3.26. The number of halogens is 3. The Morgan fingerprint density at radius 1 is 1.05 bits per heavy atom. The van der Waals surface area contributed by atoms with Crippen LogP contribution in [-0.2, 0) is 23.7 Å². The van der Waals surface area contributed by atoms with E-state index in [2.05, 4.69) is 19.9 Å². The third-order valence-electron chi connectivity index (χ3n) is 6.45. The molecule has 1 saturated heterocycles. The number of anilines is 2. The second kappa shape index (κ2) is 12.2. The first-order valence-electron chi connectivity index (χ1n) is 13.0. The number of hydrogen-bond donors (Lipinski definition) is 2. The number of sulfonamides is 1. The third-order valence-corrected chi connectivity index (χ3v) is 7.27. The minimum absolute atomic E-state index is 0.00668. The molecule has 226 valence electrons. The summed E-state index contributed by atoms with van der Waals surface area (Å²) >= 11 is 6.12. The number of pyridine rings is 1. The summed E-state index contributed by atoms with van der Waals surface area (Å²) in [5.41, 5.74) is 1.92. The number of amides is 1. The second-order valence-corrected chi connectivity index (χ2v) is 12.5. The first kappa shape index (κ1) is 30.3. The summed E-state index contributed by atoms with van der Waals surface area (Å²) in [5, 5.41) is 2.94. The lowest BCUT2D eigenvalue weighted by Crippen LogP contribution is -2.51. The van der Waals surface area contributed by atoms with Crippen molar-refractivity contribution >= 4 is 38.9 Å². The molecule has 10 nitrogen and oxygen atoms in total. The fourth-order valence-corrected chi connectivity index (χ4v) is 5.40. The normalized spacial score (nSPS) is 13.8. The number of carbonyl (C=O) groups is 1. The highest BCUT2D eigenvalue weighted by atomic mass is 35.5. The molecule has 2 N–H and O–H groups in total. The highest BCUT2D eigenvalue weighted by Crippen LogP contribution is 2.34. The number of benzene rings is 2. The van der Waals surface area contributed by atoms with Gasteiger partial charge >= 0.3 is 0 Å². The van der Waals surface area contributed by atoms with E-state index in [0.717, 1.165) is 25.4 Å². The lowest BCUT2D eigenvalue weighted by Gasteiger charge is -2.35. The molecule has 0 saturated carbocycles. The van der Waals surface area contributed by atoms with E-state index >= 15 is 0 Å². The van der Waals surface area contributed by atoms with Gasteiger partial charge < -0.3 is 19.4 Å². The van der Waals surface area contributed by atoms with Gasteiger partial charge in [0, 0.05) is 49.2 Å². The van der Waals surface area contributed by atoms with Crippen LogP contribution in [0.25, 0.3) is 11.4 Å². The van der Waals surface area contributed by atoms with E-state index in [4.69, 9.17) is 21.1 Å². The SMILES string of the molecule is CN1CC(Oc2cnc(-c3cc(C(=O)Nc4cc(Cl)cc(NS(C)(=O)=O)c4)cn3C)c(OCc3cc(F)cc(F)c3)c2)C1. The molecule has 1 aliphatic rings. The minimum atomic E-state index is -3.56. The topological polar surface area (TPSA) is 115 Å². The molecule has 2 aromatic heterocycles. The van der Waals surface area contributed by atoms with E-state index in [0.29, 0.717) is 17.1 Å². The molecular weight excluding hydrogens is 604 g/mol. The Hall–Kier alpha value is -4.20. The Bertz CT molecular complexity index is 1770. The van der Waals surface area contributed by atoms with Crippen LogP contribution >= 0.6 is 11.6 Å². The molecule has 0 spiro atoms. The Balaban J connectivity index is 1.41. The number of likely N-dealkylation sites (tertiary alicyclic amines) is 1. The van der Waals surface area contributed by atoms with Crippen molar-refractivity contribution in [1.82, 2.24) is 14.5 Å². The van der Waals surface area contributed by atoms with Gasteiger partial charge in [0.15, 0.2) is 5.75 Å². The summed E-state index contributed by atoms with van der Waals surface area (Å²) in [6.07, 6.45) is 4.14. The number of aryl methyl sites for hydroxylation is 1. The van der Waals surface area contributed by atoms with Gasteiger partial charge in [-0.05, 0) is 49.0 Å². The van der Waals surface area contributed by atoms with Crippen LogP contribution in [0.5, 0.6) is 11.5 Å². The average molecular weight is 632 g/mol. The van der Waals surface area contributed by atoms with Crippen molar-refractivity contribution in [3.05, 3.63) is 88.7 Å². The predicted molar refractivity (Wildman–Crippen MR) is 159 cm³/mol. The molecule has 0 bridgehead atoms. The van der Waals surface area contributed by atoms with Gasteiger partial charge in [-0.3, -0.25) is 14.4 Å². The van der Waals surface area contributed by atoms with E-state index in [9.17, 15) is 22.0 Å². The van der Waals surface area contributed by atoms with Gasteiger partial charge in [0.25, 0.3) is 5.91 Å². The van der Waals surface area contributed by atoms with Crippen LogP contribution < -0.4 is 19.5 Å². The number of ether oxygens (including phenoxy) is 2. The smallest absolute Gasteiger partial charge is 0.257 e. The molecule has 0 unspecified atom stereocenters. The van der Waals surface area contributed by atoms with Crippen molar-refractivity contribution in [2.75, 3.05) is 36.4 Å². The summed E-state index contributed by atoms with van der Waals surface area (Å²) in [6.45, 7) is 1.37. The lowest BCUT2D eigenvalue weighted by atomic mass is 10.2. The first-order valence-corrected chi connectivity index (χ1v) is 15.3. The standard InChI is InChI=1S/C29H28ClF2N5O5S/c1-36-14-25(15-36)42-24-11-27(41-16-17-4-20(31)9-21(32)5-17)28(33-12-24)26-6-18(13-37(26)2)29(38)34-22-7-19(30)8-23(10-22)35-43(3,39)40/h4-13,25,35H,14-16H2,1-3H3,(H,34,38). The monoisotopic (exact) mass is 631 g/mol. The molecule has 43 heavy (non-hydrogen) atoms. The molecule has 2 aromatic carbocycles. The van der Waals surface area contributed by atoms with Gasteiger partial charge in [-0.2, -0.15) is 0 Å². The van der Waals surface area contributed by atoms with Gasteiger partial charge in [-0.15, -0.1) is 0 Å². The zero-order chi connectivity index (χ0) is 30.9. The number of rotatable bonds is 10. The van der Waals surface area contributed by atoms with E-state index in [-0.39, 0.29) is 46.0 Å². The van der Waals surface area contributed by atoms with Crippen LogP contribution in [0.3, 0.4) is 0 Å². The fourth-order valence-electron chi connectivity index (χ4n) is 4.62. The van der Waals surface area contributed by atoms with Crippen molar-refractivity contribution < 1.29 is 31.5 Å². The second-order valence-electron chi connectivity index (χ2n) is 10.3. The van der Waals surface area contributed by atoms with Gasteiger partial charge in [0.2, 0.25) is 10.0 Å². The predicted octanol–water partition coefficient (Wildman–Crippen LogP) is 4.91. The number of aromatic nitrogens is 2. The molecule has 3 heterocycles. The van der Waals surface area contributed by atoms with Crippen molar-refractivity contribution in [3.8, 4) is 22.9 Å². The maximum Gasteiger partial charge on any atom is 0.257 e. The van der Waals surface area contributed by atoms with E-state index in [1.54, 1.807) is 36.1 Å². The summed E-state index contributed by atoms with van der Waals surface area (Å²) in [5.74, 6) is -1.18. The Morgan fingerprint density at radius 3 is 2.42 bits per heavy atom. The number of nitrogens with one attached hydrogen (secondary N) is 2. The van der Waals surface area contributed by atoms with Gasteiger partial charge in [0.1, 0.15) is 35.8 Å². The third kappa shape index (κ3) is 7.80. The zero-order valence-electron chi connectivity index (χ0n) is 23.4. The number of hydrogen-bond acceptors (Lipinski definition) is 7. The van der Waals surface area contributed by atoms with Gasteiger partial charge in [-0.25, -0.2) is 22.2 Å². The van der Waals surface area contributed by atoms with Crippen LogP contribution in [-0.4, -0.2) is 61.3 Å². The summed E-state index contributed by atoms with van der Waals surface area (Å²) in [6, 6.07) is 10.7. The van der Waals surface area contributed by atoms with Crippen molar-refractivity contribution in [2.24, 2.45) is 7.05 Å². The molecule has 0 aliphatic carbocycles. The molecule has 0 radical (unpaired) electrons. The molecule has 1 fully saturated rings. The number of carbonyl (C=O) groups excluding carboxylic acids is 1. The Morgan fingerprint density at radius 2 is 1.74 bits per heavy atom. The van der Waals surface area contributed by atoms with Crippen LogP contribution in [0, 0.1) is 11.6 Å². The van der Waals surface area contributed by atoms with Crippen molar-refractivity contribution in [3.63, 3.8) is 0 Å². The van der Waals surface area contributed by atoms with Crippen LogP contribution in [0.2, 0.25) is 5.02 Å². The molecule has 14 heteroatoms. The van der Waals surface area contributed by atoms with Crippen LogP contribution in [0.1, 0.15) is 15.9 Å². The maximum atomic E-state index is 13.8. The lowest BCUT2D eigenvalue weighted by molar-refractivity contribution is 0.0384. The molecule has 1 amide bonds. The molecule has 5 rings (SSSR count). The Kier molecular flexibility index (Phi) is 8.58. The highest BCUT2D eigenvalue weighted by Gasteiger charge is 2.26. The summed E-state index contributed by atoms with van der Waals surface area (Å²) in [4.78, 5) is 19.8. The van der Waals surface area contributed by atoms with E-state index < -0.39 is 27.6 Å². The number of nitrogens with zero attached hydrogens (tertiary/aromatic N) is 3. The van der Waals surface area contributed by atoms with Crippen molar-refractivity contribution in [2.45, 2.75) is 12.7 Å². The first-order chi connectivity index (χ1) is 20.3. The van der Waals surface area contributed by atoms with Gasteiger partial charge in [-0.1, -0.05) is 11.6 Å². The van der Waals surface area contributed by atoms with Gasteiger partial charge in [0.05, 0.1) is 29.4 Å². The Labute approximate surface area is 252 Å². The largest absolute Gasteiger partial charge is 0.486 e. The molecule has 0 atom stereocenters. The van der Waals surface area contributed by atoms with E-state index in [1.165, 1.54) is 30.3 Å². The summed E-state index contributed by atoms with van der Waals surface area (Å²) < 4.78 is 66.8. The van der Waals surface area contributed by atoms with Crippen LogP contribution in [0.4, 0.5) is 20.2 Å². The fraction of sp³-hybridized carbons (Fsp3) is 0.241. The highest BCUT2D eigenvalue weighted by molar-refractivity contribution is 7.92. The molecular formula is C29H28ClF2N5O5S. The van der Waals surface area contributed by atoms with Crippen molar-refractivity contribution in [1.29, 1.82) is 0 Å². The molecule has 4 aromatic rings.